The Labute approximate surface area is 224 Å². The van der Waals surface area contributed by atoms with Gasteiger partial charge in [0.1, 0.15) is 28.9 Å². The van der Waals surface area contributed by atoms with Crippen molar-refractivity contribution in [2.24, 2.45) is 5.92 Å². The minimum atomic E-state index is -4.26. The lowest BCUT2D eigenvalue weighted by molar-refractivity contribution is -0.145. The normalized spacial score (nSPS) is 25.6. The number of aliphatic hydroxyl groups is 1. The molecule has 0 bridgehead atoms. The third kappa shape index (κ3) is 7.34. The Balaban J connectivity index is 1.85. The molecule has 38 heavy (non-hydrogen) atoms. The summed E-state index contributed by atoms with van der Waals surface area (Å²) in [7, 11) is -4.26. The van der Waals surface area contributed by atoms with E-state index in [9.17, 15) is 24.1 Å². The summed E-state index contributed by atoms with van der Waals surface area (Å²) in [6, 6.07) is 8.32. The molecule has 0 saturated carbocycles. The number of carbonyl (C=O) groups excluding carboxylic acids is 1. The van der Waals surface area contributed by atoms with Crippen molar-refractivity contribution >= 4 is 25.3 Å². The molecule has 1 saturated heterocycles. The lowest BCUT2D eigenvalue weighted by Gasteiger charge is -2.27. The Morgan fingerprint density at radius 3 is 2.58 bits per heavy atom. The Bertz CT molecular complexity index is 1250. The van der Waals surface area contributed by atoms with Crippen molar-refractivity contribution in [3.63, 3.8) is 0 Å². The predicted octanol–water partition coefficient (Wildman–Crippen LogP) is 2.56. The zero-order valence-electron chi connectivity index (χ0n) is 21.5. The summed E-state index contributed by atoms with van der Waals surface area (Å²) in [6.07, 6.45) is -2.24. The van der Waals surface area contributed by atoms with Gasteiger partial charge < -0.3 is 19.1 Å². The van der Waals surface area contributed by atoms with Gasteiger partial charge in [-0.1, -0.05) is 32.0 Å². The molecule has 1 fully saturated rings. The first-order valence-corrected chi connectivity index (χ1v) is 14.1. The maximum Gasteiger partial charge on any atom is 0.459 e. The van der Waals surface area contributed by atoms with Gasteiger partial charge in [-0.25, -0.2) is 9.36 Å². The number of alkyl halides is 1. The van der Waals surface area contributed by atoms with E-state index in [0.29, 0.717) is 0 Å². The van der Waals surface area contributed by atoms with Crippen molar-refractivity contribution in [3.05, 3.63) is 63.4 Å². The van der Waals surface area contributed by atoms with Crippen LogP contribution in [0, 0.1) is 5.92 Å². The molecule has 12 nitrogen and oxygen atoms in total. The van der Waals surface area contributed by atoms with E-state index >= 15 is 0 Å². The van der Waals surface area contributed by atoms with E-state index in [1.54, 1.807) is 37.3 Å². The summed E-state index contributed by atoms with van der Waals surface area (Å²) < 4.78 is 37.3. The van der Waals surface area contributed by atoms with Gasteiger partial charge in [-0.05, 0) is 38.3 Å². The molecule has 1 unspecified atom stereocenters. The van der Waals surface area contributed by atoms with Gasteiger partial charge in [-0.2, -0.15) is 5.09 Å². The summed E-state index contributed by atoms with van der Waals surface area (Å²) in [6.45, 7) is 6.54. The van der Waals surface area contributed by atoms with Crippen molar-refractivity contribution < 1.29 is 33.0 Å². The first-order valence-electron chi connectivity index (χ1n) is 12.1. The number of esters is 1. The highest BCUT2D eigenvalue weighted by atomic mass is 35.5. The number of hydrogen-bond acceptors (Lipinski definition) is 9. The summed E-state index contributed by atoms with van der Waals surface area (Å²) in [4.78, 5) is 37.0. The number of hydrogen-bond donors (Lipinski definition) is 3. The number of benzene rings is 1. The molecule has 1 aliphatic rings. The maximum absolute atomic E-state index is 13.9. The summed E-state index contributed by atoms with van der Waals surface area (Å²) in [5.74, 6) is -0.372. The molecule has 3 rings (SSSR count). The molecule has 0 aliphatic carbocycles. The quantitative estimate of drug-likeness (QED) is 0.196. The average Bonchev–Trinajstić information content (AvgIpc) is 3.06. The van der Waals surface area contributed by atoms with Gasteiger partial charge >= 0.3 is 19.4 Å². The summed E-state index contributed by atoms with van der Waals surface area (Å²) in [5, 5.41) is 13.6. The predicted molar refractivity (Wildman–Crippen MR) is 139 cm³/mol. The Morgan fingerprint density at radius 1 is 1.29 bits per heavy atom. The Morgan fingerprint density at radius 2 is 1.97 bits per heavy atom. The van der Waals surface area contributed by atoms with Crippen molar-refractivity contribution in [2.45, 2.75) is 63.5 Å². The molecule has 3 N–H and O–H groups in total. The van der Waals surface area contributed by atoms with Gasteiger partial charge in [-0.3, -0.25) is 23.7 Å². The largest absolute Gasteiger partial charge is 0.465 e. The molecule has 1 aromatic carbocycles. The van der Waals surface area contributed by atoms with E-state index in [2.05, 4.69) is 10.1 Å². The molecular formula is C24H33ClN3O9P. The van der Waals surface area contributed by atoms with Gasteiger partial charge in [-0.15, -0.1) is 11.6 Å². The molecule has 2 heterocycles. The van der Waals surface area contributed by atoms with Crippen LogP contribution in [0.5, 0.6) is 5.75 Å². The Kier molecular flexibility index (Phi) is 9.96. The van der Waals surface area contributed by atoms with Gasteiger partial charge in [0.05, 0.1) is 13.2 Å². The van der Waals surface area contributed by atoms with Crippen LogP contribution >= 0.6 is 19.3 Å². The molecule has 210 valence electrons. The minimum Gasteiger partial charge on any atom is -0.465 e. The van der Waals surface area contributed by atoms with Crippen LogP contribution in [-0.2, 0) is 23.4 Å². The fourth-order valence-electron chi connectivity index (χ4n) is 3.95. The molecule has 2 aromatic rings. The standard InChI is InChI=1S/C24H33ClN3O9P/c1-5-34-21(31)17(13-15(2)3)27-38(33,37-16-9-7-6-8-10-16)35-14-18-20(30)24(4,25)22(36-18)28-12-11-19(29)26-23(28)32/h6-12,15,17-18,20,22,30H,5,13-14H2,1-4H3,(H,27,33)(H,26,29,32)/t17-,18-,20-,22-,24-,38?/m1/s1. The second kappa shape index (κ2) is 12.6. The maximum atomic E-state index is 13.9. The molecule has 14 heteroatoms. The third-order valence-electron chi connectivity index (χ3n) is 5.79. The second-order valence-electron chi connectivity index (χ2n) is 9.40. The fraction of sp³-hybridized carbons (Fsp3) is 0.542. The average molecular weight is 574 g/mol. The highest BCUT2D eigenvalue weighted by molar-refractivity contribution is 7.52. The zero-order valence-corrected chi connectivity index (χ0v) is 23.2. The number of aromatic amines is 1. The van der Waals surface area contributed by atoms with Crippen LogP contribution in [0.4, 0.5) is 0 Å². The molecule has 1 aromatic heterocycles. The molecule has 0 spiro atoms. The number of nitrogens with one attached hydrogen (secondary N) is 2. The van der Waals surface area contributed by atoms with E-state index in [1.807, 2.05) is 13.8 Å². The number of para-hydroxylation sites is 1. The first kappa shape index (κ1) is 30.1. The highest BCUT2D eigenvalue weighted by Crippen LogP contribution is 2.48. The van der Waals surface area contributed by atoms with Gasteiger partial charge in [0.25, 0.3) is 5.56 Å². The van der Waals surface area contributed by atoms with Crippen LogP contribution in [0.25, 0.3) is 0 Å². The smallest absolute Gasteiger partial charge is 0.459 e. The van der Waals surface area contributed by atoms with E-state index in [-0.39, 0.29) is 24.7 Å². The van der Waals surface area contributed by atoms with Gasteiger partial charge in [0, 0.05) is 12.3 Å². The van der Waals surface area contributed by atoms with Crippen LogP contribution in [0.1, 0.15) is 40.3 Å². The molecule has 1 aliphatic heterocycles. The number of carbonyl (C=O) groups is 1. The van der Waals surface area contributed by atoms with Crippen LogP contribution in [0.2, 0.25) is 0 Å². The molecule has 0 radical (unpaired) electrons. The Hall–Kier alpha value is -2.47. The van der Waals surface area contributed by atoms with E-state index < -0.39 is 60.9 Å². The number of aliphatic hydroxyl groups excluding tert-OH is 1. The minimum absolute atomic E-state index is 0.0374. The lowest BCUT2D eigenvalue weighted by atomic mass is 10.0. The van der Waals surface area contributed by atoms with E-state index in [4.69, 9.17) is 30.1 Å². The first-order chi connectivity index (χ1) is 17.9. The van der Waals surface area contributed by atoms with Gasteiger partial charge in [0.2, 0.25) is 0 Å². The zero-order chi connectivity index (χ0) is 28.1. The molecular weight excluding hydrogens is 541 g/mol. The fourth-order valence-corrected chi connectivity index (χ4v) is 5.76. The topological polar surface area (TPSA) is 158 Å². The van der Waals surface area contributed by atoms with Crippen molar-refractivity contribution in [1.82, 2.24) is 14.6 Å². The second-order valence-corrected chi connectivity index (χ2v) is 11.9. The SMILES string of the molecule is CCOC(=O)[C@@H](CC(C)C)NP(=O)(OC[C@H]1O[C@@H](n2ccc(=O)[nH]c2=O)[C@](C)(Cl)[C@@H]1O)Oc1ccccc1. The number of aromatic nitrogens is 2. The van der Waals surface area contributed by atoms with Gasteiger partial charge in [0.15, 0.2) is 6.23 Å². The van der Waals surface area contributed by atoms with E-state index in [0.717, 1.165) is 10.6 Å². The third-order valence-corrected chi connectivity index (χ3v) is 7.77. The van der Waals surface area contributed by atoms with Crippen molar-refractivity contribution in [1.29, 1.82) is 0 Å². The number of halogens is 1. The van der Waals surface area contributed by atoms with Crippen LogP contribution in [0.15, 0.2) is 52.2 Å². The summed E-state index contributed by atoms with van der Waals surface area (Å²) in [5.41, 5.74) is -1.39. The number of H-pyrrole nitrogens is 1. The molecule has 0 amide bonds. The highest BCUT2D eigenvalue weighted by Gasteiger charge is 2.54. The molecule has 6 atom stereocenters. The van der Waals surface area contributed by atoms with Crippen LogP contribution < -0.4 is 20.9 Å². The number of nitrogens with zero attached hydrogens (tertiary/aromatic N) is 1. The van der Waals surface area contributed by atoms with Crippen molar-refractivity contribution in [2.75, 3.05) is 13.2 Å². The van der Waals surface area contributed by atoms with Crippen molar-refractivity contribution in [3.8, 4) is 5.75 Å². The lowest BCUT2D eigenvalue weighted by Crippen LogP contribution is -2.43. The summed E-state index contributed by atoms with van der Waals surface area (Å²) >= 11 is 6.56. The van der Waals surface area contributed by atoms with E-state index in [1.165, 1.54) is 13.1 Å². The van der Waals surface area contributed by atoms with Crippen LogP contribution in [0.3, 0.4) is 0 Å². The number of rotatable bonds is 12. The monoisotopic (exact) mass is 573 g/mol. The van der Waals surface area contributed by atoms with Crippen LogP contribution in [-0.4, -0.2) is 57.0 Å². The number of ether oxygens (including phenoxy) is 2.